The summed E-state index contributed by atoms with van der Waals surface area (Å²) in [5.41, 5.74) is 4.06. The van der Waals surface area contributed by atoms with Crippen LogP contribution in [0.2, 0.25) is 0 Å². The highest BCUT2D eigenvalue weighted by atomic mass is 16.5. The summed E-state index contributed by atoms with van der Waals surface area (Å²) in [5, 5.41) is 12.6. The molecule has 4 nitrogen and oxygen atoms in total. The van der Waals surface area contributed by atoms with E-state index in [0.717, 1.165) is 44.3 Å². The molecule has 3 fully saturated rings. The zero-order chi connectivity index (χ0) is 18.8. The van der Waals surface area contributed by atoms with Crippen LogP contribution in [0, 0.1) is 28.6 Å². The van der Waals surface area contributed by atoms with Crippen LogP contribution in [0.1, 0.15) is 58.8 Å². The number of carbonyl (C=O) groups is 1. The average Bonchev–Trinajstić information content (AvgIpc) is 3.26. The Kier molecular flexibility index (Phi) is 3.04. The van der Waals surface area contributed by atoms with Crippen LogP contribution in [-0.4, -0.2) is 41.9 Å². The van der Waals surface area contributed by atoms with Gasteiger partial charge in [0.25, 0.3) is 0 Å². The zero-order valence-electron chi connectivity index (χ0n) is 16.8. The van der Waals surface area contributed by atoms with Crippen LogP contribution in [0.5, 0.6) is 0 Å². The molecule has 2 aliphatic heterocycles. The van der Waals surface area contributed by atoms with Crippen molar-refractivity contribution in [2.24, 2.45) is 28.6 Å². The molecule has 0 aromatic rings. The molecule has 1 saturated carbocycles. The Hall–Kier alpha value is -1.13. The van der Waals surface area contributed by atoms with E-state index in [1.807, 2.05) is 0 Å². The van der Waals surface area contributed by atoms with Crippen molar-refractivity contribution in [2.45, 2.75) is 64.5 Å². The molecule has 1 N–H and O–H groups in total. The average molecular weight is 370 g/mol. The molecule has 0 unspecified atom stereocenters. The number of esters is 1. The first-order valence-electron chi connectivity index (χ1n) is 10.9. The fraction of sp³-hybridized carbons (Fsp3) is 0.783. The van der Waals surface area contributed by atoms with E-state index in [2.05, 4.69) is 18.7 Å². The maximum atomic E-state index is 12.8. The summed E-state index contributed by atoms with van der Waals surface area (Å²) in [5.74, 6) is 1.28. The number of piperidine rings is 1. The van der Waals surface area contributed by atoms with Gasteiger partial charge in [0.15, 0.2) is 0 Å². The van der Waals surface area contributed by atoms with E-state index in [4.69, 9.17) is 4.74 Å². The third-order valence-corrected chi connectivity index (χ3v) is 9.91. The van der Waals surface area contributed by atoms with Gasteiger partial charge >= 0.3 is 5.97 Å². The van der Waals surface area contributed by atoms with Gasteiger partial charge in [-0.3, -0.25) is 4.90 Å². The second-order valence-electron chi connectivity index (χ2n) is 10.4. The highest BCUT2D eigenvalue weighted by molar-refractivity contribution is 5.93. The summed E-state index contributed by atoms with van der Waals surface area (Å²) >= 11 is 0. The second-order valence-corrected chi connectivity index (χ2v) is 10.4. The number of ether oxygens (including phenoxy) is 1. The second kappa shape index (κ2) is 4.88. The molecule has 2 heterocycles. The number of hydrogen-bond acceptors (Lipinski definition) is 4. The van der Waals surface area contributed by atoms with Gasteiger partial charge in [0.2, 0.25) is 0 Å². The van der Waals surface area contributed by atoms with Crippen molar-refractivity contribution in [3.05, 3.63) is 22.3 Å². The highest BCUT2D eigenvalue weighted by Gasteiger charge is 2.78. The van der Waals surface area contributed by atoms with Crippen molar-refractivity contribution >= 4 is 5.97 Å². The van der Waals surface area contributed by atoms with Gasteiger partial charge in [-0.05, 0) is 73.3 Å². The van der Waals surface area contributed by atoms with Gasteiger partial charge < -0.3 is 9.84 Å². The summed E-state index contributed by atoms with van der Waals surface area (Å²) in [7, 11) is 1.50. The molecule has 0 aromatic heterocycles. The molecule has 4 bridgehead atoms. The molecule has 6 rings (SSSR count). The maximum absolute atomic E-state index is 12.8. The molecular formula is C23H31NO3. The molecule has 27 heavy (non-hydrogen) atoms. The Morgan fingerprint density at radius 2 is 2.04 bits per heavy atom. The minimum absolute atomic E-state index is 0.0707. The molecule has 0 amide bonds. The zero-order valence-corrected chi connectivity index (χ0v) is 16.8. The predicted octanol–water partition coefficient (Wildman–Crippen LogP) is 3.42. The van der Waals surface area contributed by atoms with Crippen LogP contribution < -0.4 is 0 Å². The van der Waals surface area contributed by atoms with Gasteiger partial charge in [0.1, 0.15) is 5.72 Å². The van der Waals surface area contributed by atoms with Crippen LogP contribution in [0.3, 0.4) is 0 Å². The molecule has 1 spiro atoms. The predicted molar refractivity (Wildman–Crippen MR) is 102 cm³/mol. The number of rotatable bonds is 1. The first-order valence-corrected chi connectivity index (χ1v) is 10.9. The highest BCUT2D eigenvalue weighted by Crippen LogP contribution is 2.78. The monoisotopic (exact) mass is 369 g/mol. The van der Waals surface area contributed by atoms with E-state index in [-0.39, 0.29) is 16.8 Å². The number of methoxy groups -OCH3 is 1. The van der Waals surface area contributed by atoms with E-state index in [1.165, 1.54) is 31.1 Å². The first-order chi connectivity index (χ1) is 12.9. The number of aliphatic hydroxyl groups is 1. The summed E-state index contributed by atoms with van der Waals surface area (Å²) in [6.45, 7) is 6.81. The maximum Gasteiger partial charge on any atom is 0.334 e. The minimum Gasteiger partial charge on any atom is -0.466 e. The van der Waals surface area contributed by atoms with Crippen LogP contribution >= 0.6 is 0 Å². The van der Waals surface area contributed by atoms with Gasteiger partial charge in [0, 0.05) is 30.0 Å². The third kappa shape index (κ3) is 1.54. The molecule has 4 heteroatoms. The lowest BCUT2D eigenvalue weighted by Crippen LogP contribution is -2.74. The van der Waals surface area contributed by atoms with E-state index in [0.29, 0.717) is 24.2 Å². The molecule has 6 aliphatic rings. The van der Waals surface area contributed by atoms with Gasteiger partial charge in [-0.1, -0.05) is 19.4 Å². The fourth-order valence-electron chi connectivity index (χ4n) is 8.83. The van der Waals surface area contributed by atoms with Crippen molar-refractivity contribution in [1.29, 1.82) is 0 Å². The van der Waals surface area contributed by atoms with Crippen molar-refractivity contribution < 1.29 is 14.6 Å². The van der Waals surface area contributed by atoms with Gasteiger partial charge in [-0.25, -0.2) is 4.79 Å². The summed E-state index contributed by atoms with van der Waals surface area (Å²) < 4.78 is 5.22. The SMILES string of the molecule is COC(=O)C1=C2CCC3=C2[C@]2(C1)[C@@]1(C)CC[C@@H]4[C@H](C)CN(C[C@H]1CC3)[C@@]42O. The Labute approximate surface area is 161 Å². The lowest BCUT2D eigenvalue weighted by atomic mass is 9.42. The molecule has 146 valence electrons. The van der Waals surface area contributed by atoms with E-state index in [1.54, 1.807) is 5.57 Å². The molecule has 0 aromatic carbocycles. The van der Waals surface area contributed by atoms with E-state index < -0.39 is 5.72 Å². The Bertz CT molecular complexity index is 827. The Morgan fingerprint density at radius 1 is 1.22 bits per heavy atom. The molecular weight excluding hydrogens is 338 g/mol. The van der Waals surface area contributed by atoms with Crippen molar-refractivity contribution in [1.82, 2.24) is 4.90 Å². The quantitative estimate of drug-likeness (QED) is 0.720. The Morgan fingerprint density at radius 3 is 2.81 bits per heavy atom. The number of nitrogens with zero attached hydrogens (tertiary/aromatic N) is 1. The van der Waals surface area contributed by atoms with Crippen LogP contribution in [0.25, 0.3) is 0 Å². The largest absolute Gasteiger partial charge is 0.466 e. The van der Waals surface area contributed by atoms with Crippen molar-refractivity contribution in [3.63, 3.8) is 0 Å². The van der Waals surface area contributed by atoms with Crippen LogP contribution in [0.15, 0.2) is 22.3 Å². The molecule has 4 aliphatic carbocycles. The van der Waals surface area contributed by atoms with E-state index in [9.17, 15) is 9.90 Å². The summed E-state index contributed by atoms with van der Waals surface area (Å²) in [6.07, 6.45) is 7.43. The minimum atomic E-state index is -0.799. The number of allylic oxidation sites excluding steroid dienone is 2. The van der Waals surface area contributed by atoms with Crippen molar-refractivity contribution in [3.8, 4) is 0 Å². The standard InChI is InChI=1S/C23H31NO3/c1-13-11-24-12-15-6-4-14-5-7-16-17(20(25)27-3)10-22(19(14)16)21(15,2)9-8-18(13)23(22,24)26/h13,15,18,26H,4-12H2,1-3H3/t13-,15-,18-,21+,22-,23-/m1/s1. The van der Waals surface area contributed by atoms with Gasteiger partial charge in [0.05, 0.1) is 7.11 Å². The lowest BCUT2D eigenvalue weighted by molar-refractivity contribution is -0.292. The van der Waals surface area contributed by atoms with E-state index >= 15 is 0 Å². The number of hydrogen-bond donors (Lipinski definition) is 1. The first kappa shape index (κ1) is 16.8. The molecule has 0 radical (unpaired) electrons. The topological polar surface area (TPSA) is 49.8 Å². The third-order valence-electron chi connectivity index (χ3n) is 9.91. The van der Waals surface area contributed by atoms with Crippen LogP contribution in [0.4, 0.5) is 0 Å². The summed E-state index contributed by atoms with van der Waals surface area (Å²) in [6, 6.07) is 0. The molecule has 2 saturated heterocycles. The molecule has 6 atom stereocenters. The Balaban J connectivity index is 1.67. The summed E-state index contributed by atoms with van der Waals surface area (Å²) in [4.78, 5) is 15.2. The smallest absolute Gasteiger partial charge is 0.334 e. The number of carbonyl (C=O) groups excluding carboxylic acids is 1. The van der Waals surface area contributed by atoms with Gasteiger partial charge in [-0.15, -0.1) is 0 Å². The van der Waals surface area contributed by atoms with Crippen molar-refractivity contribution in [2.75, 3.05) is 20.2 Å². The van der Waals surface area contributed by atoms with Gasteiger partial charge in [-0.2, -0.15) is 0 Å². The normalized spacial score (nSPS) is 50.1. The lowest BCUT2D eigenvalue weighted by Gasteiger charge is -2.69. The fourth-order valence-corrected chi connectivity index (χ4v) is 8.83. The van der Waals surface area contributed by atoms with Crippen LogP contribution in [-0.2, 0) is 9.53 Å².